The Morgan fingerprint density at radius 2 is 2.23 bits per heavy atom. The molecule has 4 rings (SSSR count). The molecule has 14 heteroatoms. The first-order valence-corrected chi connectivity index (χ1v) is 11.4. The molecule has 0 aromatic carbocycles. The second-order valence-corrected chi connectivity index (χ2v) is 9.54. The van der Waals surface area contributed by atoms with E-state index >= 15 is 0 Å². The molecule has 2 saturated heterocycles. The summed E-state index contributed by atoms with van der Waals surface area (Å²) >= 11 is 5.23. The van der Waals surface area contributed by atoms with Gasteiger partial charge in [-0.1, -0.05) is 12.2 Å². The summed E-state index contributed by atoms with van der Waals surface area (Å²) in [6, 6.07) is -0.862. The minimum absolute atomic E-state index is 0.0413. The Bertz CT molecular complexity index is 1070. The highest BCUT2D eigenvalue weighted by Crippen LogP contribution is 2.53. The van der Waals surface area contributed by atoms with Crippen molar-refractivity contribution in [3.05, 3.63) is 11.0 Å². The zero-order valence-electron chi connectivity index (χ0n) is 16.6. The molecule has 12 nitrogen and oxygen atoms in total. The van der Waals surface area contributed by atoms with Crippen molar-refractivity contribution in [2.45, 2.75) is 57.8 Å². The number of fused-ring (bicyclic) bond motifs is 2. The number of hydrogen-bond donors (Lipinski definition) is 3. The average molecular weight is 458 g/mol. The van der Waals surface area contributed by atoms with E-state index < -0.39 is 38.2 Å². The first kappa shape index (κ1) is 21.3. The van der Waals surface area contributed by atoms with Crippen LogP contribution in [-0.2, 0) is 27.9 Å². The van der Waals surface area contributed by atoms with Gasteiger partial charge in [0.1, 0.15) is 34.6 Å². The average Bonchev–Trinajstić information content (AvgIpc) is 3.23. The lowest BCUT2D eigenvalue weighted by molar-refractivity contribution is -0.149. The van der Waals surface area contributed by atoms with Crippen molar-refractivity contribution in [3.8, 4) is 0 Å². The molecule has 0 radical (unpaired) electrons. The summed E-state index contributed by atoms with van der Waals surface area (Å²) in [5.41, 5.74) is 6.74. The van der Waals surface area contributed by atoms with Crippen LogP contribution >= 0.6 is 20.0 Å². The number of rotatable bonds is 5. The van der Waals surface area contributed by atoms with Gasteiger partial charge in [-0.25, -0.2) is 14.6 Å². The molecular weight excluding hydrogens is 435 g/mol. The number of imidazole rings is 1. The van der Waals surface area contributed by atoms with E-state index in [1.165, 1.54) is 6.92 Å². The van der Waals surface area contributed by atoms with Crippen LogP contribution in [0.3, 0.4) is 0 Å². The van der Waals surface area contributed by atoms with Crippen LogP contribution in [0.4, 0.5) is 5.95 Å². The fraction of sp³-hybridized carbons (Fsp3) is 0.625. The van der Waals surface area contributed by atoms with Crippen LogP contribution in [0.5, 0.6) is 0 Å². The number of H-pyrrole nitrogens is 1. The van der Waals surface area contributed by atoms with Gasteiger partial charge in [-0.15, -0.1) is 0 Å². The van der Waals surface area contributed by atoms with Crippen LogP contribution in [0.2, 0.25) is 0 Å². The third kappa shape index (κ3) is 4.13. The van der Waals surface area contributed by atoms with Crippen LogP contribution in [0.1, 0.15) is 33.4 Å². The Morgan fingerprint density at radius 3 is 2.97 bits per heavy atom. The van der Waals surface area contributed by atoms with E-state index in [2.05, 4.69) is 20.0 Å². The lowest BCUT2D eigenvalue weighted by atomic mass is 10.2. The highest BCUT2D eigenvalue weighted by Gasteiger charge is 2.48. The molecule has 164 valence electrons. The summed E-state index contributed by atoms with van der Waals surface area (Å²) in [5.74, 6) is -0.375. The van der Waals surface area contributed by atoms with Crippen LogP contribution in [0.15, 0.2) is 6.33 Å². The van der Waals surface area contributed by atoms with Gasteiger partial charge in [0.15, 0.2) is 5.65 Å². The van der Waals surface area contributed by atoms with Crippen LogP contribution in [0, 0.1) is 4.64 Å². The SMILES string of the molecule is CC(C)OC(=O)[C@H](C)N[P@]1(=O)OC[C@H]2O[C@@H](n3cnc4c(=S)[nH]c(N)nc43)C[C@@H]2O1. The summed E-state index contributed by atoms with van der Waals surface area (Å²) in [6.07, 6.45) is 0.222. The number of anilines is 1. The van der Waals surface area contributed by atoms with Crippen molar-refractivity contribution >= 4 is 43.0 Å². The molecule has 2 aromatic rings. The van der Waals surface area contributed by atoms with Crippen molar-refractivity contribution in [1.29, 1.82) is 0 Å². The first-order valence-electron chi connectivity index (χ1n) is 9.44. The zero-order chi connectivity index (χ0) is 21.6. The molecular formula is C16H23N6O6PS. The smallest absolute Gasteiger partial charge is 0.406 e. The van der Waals surface area contributed by atoms with Crippen molar-refractivity contribution < 1.29 is 27.9 Å². The van der Waals surface area contributed by atoms with E-state index in [1.807, 2.05) is 0 Å². The third-order valence-electron chi connectivity index (χ3n) is 4.68. The number of esters is 1. The Hall–Kier alpha value is -1.89. The number of nitrogens with two attached hydrogens (primary N) is 1. The molecule has 4 heterocycles. The van der Waals surface area contributed by atoms with Crippen LogP contribution in [-0.4, -0.2) is 56.4 Å². The summed E-state index contributed by atoms with van der Waals surface area (Å²) in [6.45, 7) is 5.04. The van der Waals surface area contributed by atoms with Gasteiger partial charge in [0.2, 0.25) is 5.95 Å². The number of carbonyl (C=O) groups excluding carboxylic acids is 1. The normalized spacial score (nSPS) is 29.8. The summed E-state index contributed by atoms with van der Waals surface area (Å²) in [5, 5.41) is 2.62. The van der Waals surface area contributed by atoms with Gasteiger partial charge in [0.25, 0.3) is 0 Å². The largest absolute Gasteiger partial charge is 0.462 e. The van der Waals surface area contributed by atoms with E-state index in [1.54, 1.807) is 24.7 Å². The fourth-order valence-corrected chi connectivity index (χ4v) is 5.30. The van der Waals surface area contributed by atoms with Gasteiger partial charge in [0.05, 0.1) is 19.0 Å². The lowest BCUT2D eigenvalue weighted by Gasteiger charge is -2.32. The summed E-state index contributed by atoms with van der Waals surface area (Å²) < 4.78 is 37.3. The third-order valence-corrected chi connectivity index (χ3v) is 6.72. The fourth-order valence-electron chi connectivity index (χ4n) is 3.36. The standard InChI is InChI=1S/C16H23N6O6PS/c1-7(2)26-15(23)8(3)21-29(24)25-5-10-9(28-29)4-11(27-10)22-6-18-12-13(22)19-16(17)20-14(12)30/h6-11H,4-5H2,1-3H3,(H,21,24)(H3,17,19,20,30)/t8-,9-,10+,11+,29-/m0/s1. The number of carbonyl (C=O) groups is 1. The molecule has 2 aromatic heterocycles. The number of aromatic amines is 1. The van der Waals surface area contributed by atoms with E-state index in [9.17, 15) is 9.36 Å². The molecule has 0 aliphatic carbocycles. The van der Waals surface area contributed by atoms with Gasteiger partial charge in [-0.3, -0.25) is 18.4 Å². The number of nitrogens with one attached hydrogen (secondary N) is 2. The van der Waals surface area contributed by atoms with Gasteiger partial charge in [0, 0.05) is 6.42 Å². The first-order chi connectivity index (χ1) is 14.1. The minimum Gasteiger partial charge on any atom is -0.462 e. The monoisotopic (exact) mass is 458 g/mol. The summed E-state index contributed by atoms with van der Waals surface area (Å²) in [7, 11) is -3.72. The van der Waals surface area contributed by atoms with E-state index in [0.717, 1.165) is 0 Å². The Kier molecular flexibility index (Phi) is 5.68. The predicted octanol–water partition coefficient (Wildman–Crippen LogP) is 1.81. The van der Waals surface area contributed by atoms with Crippen molar-refractivity contribution in [2.75, 3.05) is 12.3 Å². The zero-order valence-corrected chi connectivity index (χ0v) is 18.3. The molecule has 5 atom stereocenters. The number of nitrogen functional groups attached to an aromatic ring is 1. The molecule has 2 fully saturated rings. The number of aromatic nitrogens is 4. The second-order valence-electron chi connectivity index (χ2n) is 7.41. The molecule has 4 N–H and O–H groups in total. The lowest BCUT2D eigenvalue weighted by Crippen LogP contribution is -2.41. The van der Waals surface area contributed by atoms with Crippen molar-refractivity contribution in [2.24, 2.45) is 0 Å². The van der Waals surface area contributed by atoms with E-state index in [0.29, 0.717) is 22.2 Å². The predicted molar refractivity (Wildman–Crippen MR) is 108 cm³/mol. The topological polar surface area (TPSA) is 156 Å². The number of hydrogen-bond acceptors (Lipinski definition) is 10. The Morgan fingerprint density at radius 1 is 1.47 bits per heavy atom. The molecule has 0 bridgehead atoms. The molecule has 2 aliphatic rings. The van der Waals surface area contributed by atoms with E-state index in [4.69, 9.17) is 36.5 Å². The molecule has 0 saturated carbocycles. The van der Waals surface area contributed by atoms with Crippen molar-refractivity contribution in [1.82, 2.24) is 24.6 Å². The quantitative estimate of drug-likeness (QED) is 0.341. The molecule has 30 heavy (non-hydrogen) atoms. The molecule has 2 aliphatic heterocycles. The van der Waals surface area contributed by atoms with Gasteiger partial charge >= 0.3 is 13.7 Å². The van der Waals surface area contributed by atoms with Gasteiger partial charge in [-0.2, -0.15) is 4.98 Å². The van der Waals surface area contributed by atoms with Gasteiger partial charge in [-0.05, 0) is 20.8 Å². The Labute approximate surface area is 177 Å². The molecule has 0 spiro atoms. The van der Waals surface area contributed by atoms with Crippen LogP contribution in [0.25, 0.3) is 11.2 Å². The highest BCUT2D eigenvalue weighted by atomic mass is 32.1. The number of nitrogens with zero attached hydrogens (tertiary/aromatic N) is 3. The maximum atomic E-state index is 13.0. The highest BCUT2D eigenvalue weighted by molar-refractivity contribution is 7.71. The minimum atomic E-state index is -3.72. The van der Waals surface area contributed by atoms with Crippen molar-refractivity contribution in [3.63, 3.8) is 0 Å². The maximum absolute atomic E-state index is 13.0. The number of ether oxygens (including phenoxy) is 2. The van der Waals surface area contributed by atoms with E-state index in [-0.39, 0.29) is 18.7 Å². The van der Waals surface area contributed by atoms with Gasteiger partial charge < -0.3 is 20.2 Å². The molecule has 0 unspecified atom stereocenters. The van der Waals surface area contributed by atoms with Crippen LogP contribution < -0.4 is 10.8 Å². The second kappa shape index (κ2) is 7.98. The summed E-state index contributed by atoms with van der Waals surface area (Å²) in [4.78, 5) is 23.3. The Balaban J connectivity index is 1.47. The maximum Gasteiger partial charge on any atom is 0.406 e. The molecule has 0 amide bonds.